The Kier molecular flexibility index (Phi) is 7.59. The summed E-state index contributed by atoms with van der Waals surface area (Å²) >= 11 is 12.7. The van der Waals surface area contributed by atoms with Gasteiger partial charge in [-0.15, -0.1) is 0 Å². The third kappa shape index (κ3) is 5.31. The molecule has 1 aliphatic heterocycles. The van der Waals surface area contributed by atoms with Crippen molar-refractivity contribution < 1.29 is 19.4 Å². The number of pyridine rings is 1. The van der Waals surface area contributed by atoms with Crippen molar-refractivity contribution in [2.45, 2.75) is 39.8 Å². The first-order valence-corrected chi connectivity index (χ1v) is 11.6. The molecule has 0 spiro atoms. The van der Waals surface area contributed by atoms with Crippen LogP contribution in [0.1, 0.15) is 33.3 Å². The fourth-order valence-electron chi connectivity index (χ4n) is 3.24. The van der Waals surface area contributed by atoms with Crippen LogP contribution < -0.4 is 4.74 Å². The fraction of sp³-hybridized carbons (Fsp3) is 0.304. The number of hydrogen-bond acceptors (Lipinski definition) is 6. The van der Waals surface area contributed by atoms with Crippen LogP contribution >= 0.6 is 35.6 Å². The normalized spacial score (nSPS) is 16.3. The second kappa shape index (κ2) is 10.0. The van der Waals surface area contributed by atoms with Gasteiger partial charge in [-0.1, -0.05) is 55.5 Å². The molecule has 32 heavy (non-hydrogen) atoms. The number of carbonyl (C=O) groups is 2. The second-order valence-electron chi connectivity index (χ2n) is 7.87. The lowest BCUT2D eigenvalue weighted by Crippen LogP contribution is -2.47. The molecule has 2 heterocycles. The number of aliphatic carboxylic acids is 1. The van der Waals surface area contributed by atoms with E-state index in [1.807, 2.05) is 38.1 Å². The number of thioether (sulfide) groups is 1. The van der Waals surface area contributed by atoms with Crippen LogP contribution in [-0.2, 0) is 9.59 Å². The molecule has 6 nitrogen and oxygen atoms in total. The van der Waals surface area contributed by atoms with Crippen LogP contribution in [0.15, 0.2) is 41.4 Å². The average Bonchev–Trinajstić information content (AvgIpc) is 2.97. The SMILES string of the molecule is CC(C)Oc1ccc(-c2ccc(/C=C3\SC(=S)N([C@H](C(=O)O)C(C)C)C3=O)cn2)cc1Cl. The van der Waals surface area contributed by atoms with Gasteiger partial charge < -0.3 is 9.84 Å². The molecule has 0 radical (unpaired) electrons. The highest BCUT2D eigenvalue weighted by Gasteiger charge is 2.41. The number of carboxylic acid groups (broad SMARTS) is 1. The number of carbonyl (C=O) groups excluding carboxylic acids is 1. The molecular formula is C23H23ClN2O4S2. The van der Waals surface area contributed by atoms with Crippen molar-refractivity contribution in [3.05, 3.63) is 52.0 Å². The number of nitrogens with zero attached hydrogens (tertiary/aromatic N) is 2. The van der Waals surface area contributed by atoms with Gasteiger partial charge in [0.2, 0.25) is 0 Å². The molecule has 3 rings (SSSR count). The summed E-state index contributed by atoms with van der Waals surface area (Å²) in [5, 5.41) is 10.0. The van der Waals surface area contributed by atoms with E-state index in [1.165, 1.54) is 4.90 Å². The molecule has 1 aliphatic rings. The number of hydrogen-bond donors (Lipinski definition) is 1. The molecule has 2 aromatic rings. The predicted octanol–water partition coefficient (Wildman–Crippen LogP) is 5.50. The van der Waals surface area contributed by atoms with E-state index in [4.69, 9.17) is 28.6 Å². The van der Waals surface area contributed by atoms with Gasteiger partial charge in [0, 0.05) is 11.8 Å². The summed E-state index contributed by atoms with van der Waals surface area (Å²) in [7, 11) is 0. The van der Waals surface area contributed by atoms with Crippen molar-refractivity contribution in [1.82, 2.24) is 9.88 Å². The van der Waals surface area contributed by atoms with Crippen LogP contribution in [0.4, 0.5) is 0 Å². The standard InChI is InChI=1S/C23H23ClN2O4S2/c1-12(2)20(22(28)29)26-21(27)19(32-23(26)31)9-14-5-7-17(25-11-14)15-6-8-18(16(24)10-15)30-13(3)4/h5-13,20H,1-4H3,(H,28,29)/b19-9-/t20-/m0/s1. The van der Waals surface area contributed by atoms with E-state index in [2.05, 4.69) is 4.98 Å². The number of ether oxygens (including phenoxy) is 1. The zero-order chi connectivity index (χ0) is 23.6. The quantitative estimate of drug-likeness (QED) is 0.405. The van der Waals surface area contributed by atoms with Gasteiger partial charge in [-0.25, -0.2) is 4.79 Å². The third-order valence-corrected chi connectivity index (χ3v) is 6.29. The van der Waals surface area contributed by atoms with Gasteiger partial charge in [0.25, 0.3) is 5.91 Å². The van der Waals surface area contributed by atoms with Gasteiger partial charge in [0.15, 0.2) is 0 Å². The number of aromatic nitrogens is 1. The van der Waals surface area contributed by atoms with Gasteiger partial charge in [-0.05, 0) is 55.7 Å². The lowest BCUT2D eigenvalue weighted by molar-refractivity contribution is -0.146. The first kappa shape index (κ1) is 24.2. The minimum absolute atomic E-state index is 0.0232. The van der Waals surface area contributed by atoms with Gasteiger partial charge in [0.1, 0.15) is 16.1 Å². The minimum Gasteiger partial charge on any atom is -0.489 e. The summed E-state index contributed by atoms with van der Waals surface area (Å²) in [5.41, 5.74) is 2.26. The smallest absolute Gasteiger partial charge is 0.327 e. The van der Waals surface area contributed by atoms with Crippen molar-refractivity contribution in [2.75, 3.05) is 0 Å². The van der Waals surface area contributed by atoms with E-state index in [1.54, 1.807) is 32.2 Å². The highest BCUT2D eigenvalue weighted by Crippen LogP contribution is 2.36. The minimum atomic E-state index is -1.08. The molecule has 0 saturated carbocycles. The lowest BCUT2D eigenvalue weighted by atomic mass is 10.0. The Bertz CT molecular complexity index is 1080. The molecular weight excluding hydrogens is 468 g/mol. The van der Waals surface area contributed by atoms with Crippen LogP contribution in [0.25, 0.3) is 17.3 Å². The maximum absolute atomic E-state index is 12.8. The summed E-state index contributed by atoms with van der Waals surface area (Å²) in [6.45, 7) is 7.36. The van der Waals surface area contributed by atoms with Crippen molar-refractivity contribution in [3.8, 4) is 17.0 Å². The first-order valence-electron chi connectivity index (χ1n) is 10.0. The van der Waals surface area contributed by atoms with E-state index >= 15 is 0 Å². The molecule has 0 unspecified atom stereocenters. The summed E-state index contributed by atoms with van der Waals surface area (Å²) in [6.07, 6.45) is 3.34. The summed E-state index contributed by atoms with van der Waals surface area (Å²) in [6, 6.07) is 8.15. The van der Waals surface area contributed by atoms with E-state index < -0.39 is 17.9 Å². The maximum atomic E-state index is 12.8. The Labute approximate surface area is 201 Å². The number of benzene rings is 1. The van der Waals surface area contributed by atoms with Crippen LogP contribution in [0.3, 0.4) is 0 Å². The van der Waals surface area contributed by atoms with E-state index in [0.717, 1.165) is 23.0 Å². The number of halogens is 1. The molecule has 1 fully saturated rings. The van der Waals surface area contributed by atoms with E-state index in [-0.39, 0.29) is 16.3 Å². The molecule has 9 heteroatoms. The van der Waals surface area contributed by atoms with Gasteiger partial charge in [-0.2, -0.15) is 0 Å². The van der Waals surface area contributed by atoms with Crippen molar-refractivity contribution in [2.24, 2.45) is 5.92 Å². The Hall–Kier alpha value is -2.42. The maximum Gasteiger partial charge on any atom is 0.327 e. The largest absolute Gasteiger partial charge is 0.489 e. The number of carboxylic acids is 1. The molecule has 1 aromatic heterocycles. The lowest BCUT2D eigenvalue weighted by Gasteiger charge is -2.26. The Morgan fingerprint density at radius 2 is 1.97 bits per heavy atom. The van der Waals surface area contributed by atoms with Gasteiger partial charge >= 0.3 is 5.97 Å². The van der Waals surface area contributed by atoms with Crippen molar-refractivity contribution in [3.63, 3.8) is 0 Å². The molecule has 0 bridgehead atoms. The average molecular weight is 491 g/mol. The van der Waals surface area contributed by atoms with E-state index in [0.29, 0.717) is 21.2 Å². The van der Waals surface area contributed by atoms with Crippen LogP contribution in [0, 0.1) is 5.92 Å². The predicted molar refractivity (Wildman–Crippen MR) is 132 cm³/mol. The molecule has 1 saturated heterocycles. The van der Waals surface area contributed by atoms with E-state index in [9.17, 15) is 14.7 Å². The number of thiocarbonyl (C=S) groups is 1. The number of rotatable bonds is 7. The summed E-state index contributed by atoms with van der Waals surface area (Å²) in [5.74, 6) is -1.14. The molecule has 0 aliphatic carbocycles. The third-order valence-electron chi connectivity index (χ3n) is 4.66. The van der Waals surface area contributed by atoms with Crippen molar-refractivity contribution in [1.29, 1.82) is 0 Å². The molecule has 168 valence electrons. The van der Waals surface area contributed by atoms with Crippen LogP contribution in [0.5, 0.6) is 5.75 Å². The van der Waals surface area contributed by atoms with Crippen LogP contribution in [-0.4, -0.2) is 43.3 Å². The number of amides is 1. The topological polar surface area (TPSA) is 79.7 Å². The first-order chi connectivity index (χ1) is 15.1. The Balaban J connectivity index is 1.81. The van der Waals surface area contributed by atoms with Gasteiger partial charge in [-0.3, -0.25) is 14.7 Å². The summed E-state index contributed by atoms with van der Waals surface area (Å²) < 4.78 is 5.90. The highest BCUT2D eigenvalue weighted by molar-refractivity contribution is 8.26. The fourth-order valence-corrected chi connectivity index (χ4v) is 4.79. The Morgan fingerprint density at radius 1 is 1.25 bits per heavy atom. The van der Waals surface area contributed by atoms with Crippen molar-refractivity contribution >= 4 is 57.9 Å². The summed E-state index contributed by atoms with van der Waals surface area (Å²) in [4.78, 5) is 30.5. The monoisotopic (exact) mass is 490 g/mol. The molecule has 1 atom stereocenters. The Morgan fingerprint density at radius 3 is 2.50 bits per heavy atom. The highest BCUT2D eigenvalue weighted by atomic mass is 35.5. The molecule has 1 N–H and O–H groups in total. The second-order valence-corrected chi connectivity index (χ2v) is 9.95. The van der Waals surface area contributed by atoms with Gasteiger partial charge in [0.05, 0.1) is 21.7 Å². The van der Waals surface area contributed by atoms with Crippen LogP contribution in [0.2, 0.25) is 5.02 Å². The molecule has 1 aromatic carbocycles. The zero-order valence-corrected chi connectivity index (χ0v) is 20.4. The zero-order valence-electron chi connectivity index (χ0n) is 18.0. The molecule has 1 amide bonds.